The van der Waals surface area contributed by atoms with E-state index >= 15 is 0 Å². The van der Waals surface area contributed by atoms with Crippen LogP contribution in [0.2, 0.25) is 0 Å². The summed E-state index contributed by atoms with van der Waals surface area (Å²) in [6.45, 7) is 4.02. The number of amides is 1. The second-order valence-corrected chi connectivity index (χ2v) is 8.87. The minimum absolute atomic E-state index is 0.191. The van der Waals surface area contributed by atoms with E-state index in [4.69, 9.17) is 4.74 Å². The molecule has 0 saturated carbocycles. The van der Waals surface area contributed by atoms with Crippen LogP contribution in [0.25, 0.3) is 0 Å². The van der Waals surface area contributed by atoms with Crippen molar-refractivity contribution in [1.82, 2.24) is 0 Å². The zero-order chi connectivity index (χ0) is 23.0. The molecule has 1 N–H and O–H groups in total. The molecule has 0 unspecified atom stereocenters. The first-order valence-corrected chi connectivity index (χ1v) is 11.8. The first kappa shape index (κ1) is 24.3. The van der Waals surface area contributed by atoms with E-state index in [0.717, 1.165) is 35.5 Å². The van der Waals surface area contributed by atoms with E-state index in [2.05, 4.69) is 5.32 Å². The fourth-order valence-electron chi connectivity index (χ4n) is 2.96. The molecule has 1 atom stereocenters. The highest BCUT2D eigenvalue weighted by Gasteiger charge is 2.31. The van der Waals surface area contributed by atoms with Crippen LogP contribution in [0.3, 0.4) is 0 Å². The lowest BCUT2D eigenvalue weighted by Crippen LogP contribution is -2.47. The van der Waals surface area contributed by atoms with E-state index in [0.29, 0.717) is 17.9 Å². The van der Waals surface area contributed by atoms with Crippen LogP contribution in [0.5, 0.6) is 0 Å². The van der Waals surface area contributed by atoms with Gasteiger partial charge in [0.2, 0.25) is 15.9 Å². The lowest BCUT2D eigenvalue weighted by molar-refractivity contribution is -0.117. The van der Waals surface area contributed by atoms with Gasteiger partial charge in [-0.1, -0.05) is 20.3 Å². The normalized spacial score (nSPS) is 12.1. The highest BCUT2D eigenvalue weighted by molar-refractivity contribution is 7.92. The number of hydrogen-bond donors (Lipinski definition) is 1. The summed E-state index contributed by atoms with van der Waals surface area (Å²) in [7, 11) is -3.82. The minimum Gasteiger partial charge on any atom is -0.462 e. The molecule has 0 aliphatic heterocycles. The number of nitrogens with one attached hydrogen (secondary N) is 1. The first-order chi connectivity index (χ1) is 14.7. The van der Waals surface area contributed by atoms with Crippen molar-refractivity contribution in [2.45, 2.75) is 39.2 Å². The van der Waals surface area contributed by atoms with Gasteiger partial charge in [0.25, 0.3) is 0 Å². The topological polar surface area (TPSA) is 92.8 Å². The van der Waals surface area contributed by atoms with Crippen LogP contribution in [0.4, 0.5) is 15.8 Å². The average Bonchev–Trinajstić information content (AvgIpc) is 2.72. The number of anilines is 2. The lowest BCUT2D eigenvalue weighted by Gasteiger charge is -2.30. The van der Waals surface area contributed by atoms with E-state index < -0.39 is 33.8 Å². The molecule has 9 heteroatoms. The number of halogens is 1. The summed E-state index contributed by atoms with van der Waals surface area (Å²) in [6, 6.07) is 9.99. The van der Waals surface area contributed by atoms with E-state index in [9.17, 15) is 22.4 Å². The van der Waals surface area contributed by atoms with Gasteiger partial charge in [-0.05, 0) is 61.4 Å². The van der Waals surface area contributed by atoms with Crippen molar-refractivity contribution >= 4 is 33.3 Å². The van der Waals surface area contributed by atoms with Crippen molar-refractivity contribution in [2.75, 3.05) is 22.5 Å². The number of unbranched alkanes of at least 4 members (excludes halogenated alkanes) is 1. The molecule has 1 amide bonds. The number of benzene rings is 2. The van der Waals surface area contributed by atoms with Crippen molar-refractivity contribution < 1.29 is 27.1 Å². The van der Waals surface area contributed by atoms with Gasteiger partial charge >= 0.3 is 5.97 Å². The zero-order valence-electron chi connectivity index (χ0n) is 17.8. The molecule has 0 aliphatic rings. The highest BCUT2D eigenvalue weighted by atomic mass is 32.2. The number of nitrogens with zero attached hydrogens (tertiary/aromatic N) is 1. The van der Waals surface area contributed by atoms with Crippen molar-refractivity contribution in [2.24, 2.45) is 0 Å². The summed E-state index contributed by atoms with van der Waals surface area (Å²) >= 11 is 0. The maximum absolute atomic E-state index is 13.3. The Morgan fingerprint density at radius 1 is 1.06 bits per heavy atom. The molecular weight excluding hydrogens is 423 g/mol. The SMILES string of the molecule is CCCCOC(=O)c1ccc(NC(=O)[C@H](CC)N(c2ccc(F)cc2)S(C)(=O)=O)cc1. The Bertz CT molecular complexity index is 992. The predicted molar refractivity (Wildman–Crippen MR) is 118 cm³/mol. The fourth-order valence-corrected chi connectivity index (χ4v) is 4.17. The Labute approximate surface area is 182 Å². The Balaban J connectivity index is 2.17. The van der Waals surface area contributed by atoms with Crippen LogP contribution in [-0.4, -0.2) is 39.2 Å². The molecule has 0 radical (unpaired) electrons. The van der Waals surface area contributed by atoms with E-state index in [1.807, 2.05) is 6.92 Å². The number of carbonyl (C=O) groups is 2. The van der Waals surface area contributed by atoms with Crippen LogP contribution in [0, 0.1) is 5.82 Å². The van der Waals surface area contributed by atoms with E-state index in [1.165, 1.54) is 24.3 Å². The number of ether oxygens (including phenoxy) is 1. The molecule has 168 valence electrons. The number of hydrogen-bond acceptors (Lipinski definition) is 5. The van der Waals surface area contributed by atoms with Gasteiger partial charge in [0.1, 0.15) is 11.9 Å². The van der Waals surface area contributed by atoms with Crippen molar-refractivity contribution in [3.05, 3.63) is 59.9 Å². The van der Waals surface area contributed by atoms with Gasteiger partial charge in [0, 0.05) is 5.69 Å². The molecule has 2 aromatic rings. The summed E-state index contributed by atoms with van der Waals surface area (Å²) in [5, 5.41) is 2.67. The smallest absolute Gasteiger partial charge is 0.338 e. The monoisotopic (exact) mass is 450 g/mol. The van der Waals surface area contributed by atoms with Crippen molar-refractivity contribution in [3.8, 4) is 0 Å². The molecular formula is C22H27FN2O5S. The maximum Gasteiger partial charge on any atom is 0.338 e. The number of sulfonamides is 1. The summed E-state index contributed by atoms with van der Waals surface area (Å²) < 4.78 is 44.2. The molecule has 2 rings (SSSR count). The van der Waals surface area contributed by atoms with Crippen LogP contribution >= 0.6 is 0 Å². The zero-order valence-corrected chi connectivity index (χ0v) is 18.6. The van der Waals surface area contributed by atoms with Gasteiger partial charge < -0.3 is 10.1 Å². The molecule has 7 nitrogen and oxygen atoms in total. The quantitative estimate of drug-likeness (QED) is 0.437. The number of esters is 1. The van der Waals surface area contributed by atoms with Gasteiger partial charge in [-0.3, -0.25) is 9.10 Å². The Kier molecular flexibility index (Phi) is 8.56. The lowest BCUT2D eigenvalue weighted by atomic mass is 10.1. The summed E-state index contributed by atoms with van der Waals surface area (Å²) in [4.78, 5) is 24.9. The molecule has 0 aliphatic carbocycles. The summed E-state index contributed by atoms with van der Waals surface area (Å²) in [5.74, 6) is -1.50. The third-order valence-electron chi connectivity index (χ3n) is 4.53. The van der Waals surface area contributed by atoms with Crippen LogP contribution in [0.1, 0.15) is 43.5 Å². The standard InChI is InChI=1S/C22H27FN2O5S/c1-4-6-15-30-22(27)16-7-11-18(12-8-16)24-21(26)20(5-2)25(31(3,28)29)19-13-9-17(23)10-14-19/h7-14,20H,4-6,15H2,1-3H3,(H,24,26)/t20-/m0/s1. The number of carbonyl (C=O) groups excluding carboxylic acids is 2. The van der Waals surface area contributed by atoms with Gasteiger partial charge in [0.05, 0.1) is 24.1 Å². The van der Waals surface area contributed by atoms with Gasteiger partial charge in [0.15, 0.2) is 0 Å². The van der Waals surface area contributed by atoms with Crippen molar-refractivity contribution in [3.63, 3.8) is 0 Å². The molecule has 0 bridgehead atoms. The Hall–Kier alpha value is -2.94. The van der Waals surface area contributed by atoms with Gasteiger partial charge in [-0.15, -0.1) is 0 Å². The van der Waals surface area contributed by atoms with Crippen LogP contribution in [0.15, 0.2) is 48.5 Å². The van der Waals surface area contributed by atoms with Gasteiger partial charge in [-0.2, -0.15) is 0 Å². The minimum atomic E-state index is -3.82. The predicted octanol–water partition coefficient (Wildman–Crippen LogP) is 3.97. The second kappa shape index (κ2) is 10.9. The Morgan fingerprint density at radius 2 is 1.68 bits per heavy atom. The molecule has 0 aromatic heterocycles. The highest BCUT2D eigenvalue weighted by Crippen LogP contribution is 2.24. The van der Waals surface area contributed by atoms with Crippen molar-refractivity contribution in [1.29, 1.82) is 0 Å². The second-order valence-electron chi connectivity index (χ2n) is 7.02. The van der Waals surface area contributed by atoms with Gasteiger partial charge in [-0.25, -0.2) is 17.6 Å². The molecule has 2 aromatic carbocycles. The van der Waals surface area contributed by atoms with Crippen LogP contribution < -0.4 is 9.62 Å². The summed E-state index contributed by atoms with van der Waals surface area (Å²) in [6.07, 6.45) is 2.88. The largest absolute Gasteiger partial charge is 0.462 e. The fraction of sp³-hybridized carbons (Fsp3) is 0.364. The molecule has 0 heterocycles. The van der Waals surface area contributed by atoms with E-state index in [-0.39, 0.29) is 12.1 Å². The first-order valence-electron chi connectivity index (χ1n) is 10.00. The van der Waals surface area contributed by atoms with Crippen LogP contribution in [-0.2, 0) is 19.6 Å². The van der Waals surface area contributed by atoms with E-state index in [1.54, 1.807) is 19.1 Å². The third-order valence-corrected chi connectivity index (χ3v) is 5.71. The third kappa shape index (κ3) is 6.78. The molecule has 0 spiro atoms. The summed E-state index contributed by atoms with van der Waals surface area (Å²) in [5.41, 5.74) is 0.947. The molecule has 0 saturated heterocycles. The molecule has 0 fully saturated rings. The molecule has 31 heavy (non-hydrogen) atoms. The average molecular weight is 451 g/mol. The maximum atomic E-state index is 13.3. The number of rotatable bonds is 10. The Morgan fingerprint density at radius 3 is 2.19 bits per heavy atom.